The van der Waals surface area contributed by atoms with Crippen LogP contribution in [0.3, 0.4) is 0 Å². The number of amides is 1. The maximum Gasteiger partial charge on any atom is 0.220 e. The first-order valence-electron chi connectivity index (χ1n) is 4.36. The van der Waals surface area contributed by atoms with Crippen molar-refractivity contribution in [2.75, 3.05) is 11.5 Å². The summed E-state index contributed by atoms with van der Waals surface area (Å²) in [6, 6.07) is 0.171. The molecule has 0 aliphatic carbocycles. The molecule has 12 heavy (non-hydrogen) atoms. The molecule has 3 nitrogen and oxygen atoms in total. The fourth-order valence-corrected chi connectivity index (χ4v) is 2.72. The molecule has 2 atom stereocenters. The molecule has 0 spiro atoms. The van der Waals surface area contributed by atoms with Gasteiger partial charge in [0.15, 0.2) is 0 Å². The number of rotatable bonds is 3. The first kappa shape index (κ1) is 9.71. The summed E-state index contributed by atoms with van der Waals surface area (Å²) < 4.78 is 11.0. The van der Waals surface area contributed by atoms with Crippen LogP contribution < -0.4 is 5.32 Å². The topological polar surface area (TPSA) is 46.2 Å². The van der Waals surface area contributed by atoms with Gasteiger partial charge in [-0.25, -0.2) is 0 Å². The second-order valence-electron chi connectivity index (χ2n) is 3.11. The molecule has 0 saturated carbocycles. The zero-order valence-electron chi connectivity index (χ0n) is 7.34. The van der Waals surface area contributed by atoms with E-state index in [2.05, 4.69) is 5.32 Å². The van der Waals surface area contributed by atoms with Crippen molar-refractivity contribution in [2.45, 2.75) is 32.2 Å². The molecule has 1 fully saturated rings. The Hall–Kier alpha value is -0.380. The molecular weight excluding hydrogens is 174 g/mol. The lowest BCUT2D eigenvalue weighted by atomic mass is 10.2. The van der Waals surface area contributed by atoms with Crippen molar-refractivity contribution in [1.29, 1.82) is 0 Å². The van der Waals surface area contributed by atoms with E-state index in [0.29, 0.717) is 12.2 Å². The van der Waals surface area contributed by atoms with Crippen LogP contribution in [0, 0.1) is 0 Å². The van der Waals surface area contributed by atoms with Crippen LogP contribution in [0.5, 0.6) is 0 Å². The minimum absolute atomic E-state index is 0.0985. The summed E-state index contributed by atoms with van der Waals surface area (Å²) in [6.45, 7) is 1.98. The number of carbonyl (C=O) groups is 1. The fourth-order valence-electron chi connectivity index (χ4n) is 1.31. The minimum Gasteiger partial charge on any atom is -0.352 e. The van der Waals surface area contributed by atoms with Crippen molar-refractivity contribution in [3.05, 3.63) is 0 Å². The Kier molecular flexibility index (Phi) is 3.72. The van der Waals surface area contributed by atoms with E-state index < -0.39 is 10.8 Å². The van der Waals surface area contributed by atoms with Gasteiger partial charge in [0, 0.05) is 34.8 Å². The van der Waals surface area contributed by atoms with Crippen molar-refractivity contribution >= 4 is 16.7 Å². The van der Waals surface area contributed by atoms with E-state index in [1.807, 2.05) is 6.92 Å². The summed E-state index contributed by atoms with van der Waals surface area (Å²) in [5, 5.41) is 2.88. The Morgan fingerprint density at radius 1 is 1.67 bits per heavy atom. The fraction of sp³-hybridized carbons (Fsp3) is 0.875. The molecule has 1 saturated heterocycles. The molecule has 0 radical (unpaired) electrons. The molecule has 1 aliphatic rings. The molecule has 0 aromatic heterocycles. The van der Waals surface area contributed by atoms with Crippen LogP contribution in [-0.4, -0.2) is 27.7 Å². The summed E-state index contributed by atoms with van der Waals surface area (Å²) >= 11 is 0. The molecule has 1 heterocycles. The Labute approximate surface area is 75.4 Å². The van der Waals surface area contributed by atoms with E-state index in [0.717, 1.165) is 18.6 Å². The lowest BCUT2D eigenvalue weighted by molar-refractivity contribution is -0.121. The molecule has 70 valence electrons. The van der Waals surface area contributed by atoms with E-state index >= 15 is 0 Å². The van der Waals surface area contributed by atoms with E-state index in [4.69, 9.17) is 0 Å². The average Bonchev–Trinajstić information content (AvgIpc) is 2.36. The van der Waals surface area contributed by atoms with Gasteiger partial charge in [-0.15, -0.1) is 0 Å². The first-order valence-corrected chi connectivity index (χ1v) is 5.85. The van der Waals surface area contributed by atoms with Gasteiger partial charge in [-0.2, -0.15) is 0 Å². The largest absolute Gasteiger partial charge is 0.352 e. The number of hydrogen-bond donors (Lipinski definition) is 1. The summed E-state index contributed by atoms with van der Waals surface area (Å²) in [6.07, 6.45) is 2.34. The predicted molar refractivity (Wildman–Crippen MR) is 49.3 cm³/mol. The lowest BCUT2D eigenvalue weighted by Gasteiger charge is -2.09. The third kappa shape index (κ3) is 2.93. The Morgan fingerprint density at radius 3 is 2.92 bits per heavy atom. The van der Waals surface area contributed by atoms with Gasteiger partial charge in [0.25, 0.3) is 0 Å². The van der Waals surface area contributed by atoms with Crippen LogP contribution in [0.25, 0.3) is 0 Å². The van der Waals surface area contributed by atoms with E-state index in [1.54, 1.807) is 0 Å². The molecule has 1 amide bonds. The molecule has 1 N–H and O–H groups in total. The van der Waals surface area contributed by atoms with Crippen LogP contribution in [-0.2, 0) is 15.6 Å². The van der Waals surface area contributed by atoms with Crippen LogP contribution in [0.15, 0.2) is 0 Å². The van der Waals surface area contributed by atoms with Gasteiger partial charge in [-0.3, -0.25) is 9.00 Å². The van der Waals surface area contributed by atoms with E-state index in [1.165, 1.54) is 0 Å². The second kappa shape index (κ2) is 4.60. The monoisotopic (exact) mass is 189 g/mol. The molecule has 4 heteroatoms. The van der Waals surface area contributed by atoms with Gasteiger partial charge in [-0.1, -0.05) is 6.92 Å². The zero-order chi connectivity index (χ0) is 8.97. The first-order chi connectivity index (χ1) is 5.72. The van der Waals surface area contributed by atoms with Crippen molar-refractivity contribution < 1.29 is 9.00 Å². The van der Waals surface area contributed by atoms with Crippen LogP contribution in [0.1, 0.15) is 26.2 Å². The normalized spacial score (nSPS) is 28.8. The van der Waals surface area contributed by atoms with Gasteiger partial charge in [0.2, 0.25) is 5.91 Å². The molecule has 0 aromatic carbocycles. The van der Waals surface area contributed by atoms with E-state index in [9.17, 15) is 9.00 Å². The van der Waals surface area contributed by atoms with Crippen LogP contribution in [0.4, 0.5) is 0 Å². The highest BCUT2D eigenvalue weighted by Crippen LogP contribution is 2.07. The number of carbonyl (C=O) groups excluding carboxylic acids is 1. The van der Waals surface area contributed by atoms with Crippen LogP contribution >= 0.6 is 0 Å². The molecule has 1 rings (SSSR count). The maximum absolute atomic E-state index is 11.1. The van der Waals surface area contributed by atoms with Crippen LogP contribution in [0.2, 0.25) is 0 Å². The Morgan fingerprint density at radius 2 is 2.42 bits per heavy atom. The minimum atomic E-state index is -0.688. The summed E-state index contributed by atoms with van der Waals surface area (Å²) in [4.78, 5) is 11.1. The summed E-state index contributed by atoms with van der Waals surface area (Å²) in [5.41, 5.74) is 0. The van der Waals surface area contributed by atoms with E-state index in [-0.39, 0.29) is 11.9 Å². The summed E-state index contributed by atoms with van der Waals surface area (Å²) in [7, 11) is -0.688. The average molecular weight is 189 g/mol. The predicted octanol–water partition coefficient (Wildman–Crippen LogP) is 0.424. The molecule has 1 aliphatic heterocycles. The number of hydrogen-bond acceptors (Lipinski definition) is 2. The molecule has 0 bridgehead atoms. The quantitative estimate of drug-likeness (QED) is 0.699. The molecule has 2 unspecified atom stereocenters. The van der Waals surface area contributed by atoms with Crippen molar-refractivity contribution in [3.63, 3.8) is 0 Å². The standard InChI is InChI=1S/C8H15NO2S/c1-2-3-8(10)9-7-4-5-12(11)6-7/h7H,2-6H2,1H3,(H,9,10). The second-order valence-corrected chi connectivity index (χ2v) is 4.73. The Balaban J connectivity index is 2.23. The third-order valence-electron chi connectivity index (χ3n) is 1.92. The molecular formula is C8H15NO2S. The van der Waals surface area contributed by atoms with Crippen molar-refractivity contribution in [1.82, 2.24) is 5.32 Å². The van der Waals surface area contributed by atoms with Gasteiger partial charge in [-0.05, 0) is 12.8 Å². The Bertz CT molecular complexity index is 193. The summed E-state index contributed by atoms with van der Waals surface area (Å²) in [5.74, 6) is 1.49. The lowest BCUT2D eigenvalue weighted by Crippen LogP contribution is -2.34. The highest BCUT2D eigenvalue weighted by molar-refractivity contribution is 7.85. The van der Waals surface area contributed by atoms with Gasteiger partial charge >= 0.3 is 0 Å². The third-order valence-corrected chi connectivity index (χ3v) is 3.39. The number of nitrogens with one attached hydrogen (secondary N) is 1. The highest BCUT2D eigenvalue weighted by Gasteiger charge is 2.21. The van der Waals surface area contributed by atoms with Gasteiger partial charge in [0.05, 0.1) is 0 Å². The highest BCUT2D eigenvalue weighted by atomic mass is 32.2. The van der Waals surface area contributed by atoms with Crippen molar-refractivity contribution in [2.24, 2.45) is 0 Å². The van der Waals surface area contributed by atoms with Gasteiger partial charge < -0.3 is 5.32 Å². The molecule has 0 aromatic rings. The van der Waals surface area contributed by atoms with Crippen molar-refractivity contribution in [3.8, 4) is 0 Å². The maximum atomic E-state index is 11.1. The van der Waals surface area contributed by atoms with Gasteiger partial charge in [0.1, 0.15) is 0 Å². The zero-order valence-corrected chi connectivity index (χ0v) is 8.15. The smallest absolute Gasteiger partial charge is 0.220 e. The SMILES string of the molecule is CCCC(=O)NC1CCS(=O)C1.